The molecule has 0 radical (unpaired) electrons. The van der Waals surface area contributed by atoms with E-state index in [9.17, 15) is 9.32 Å². The first-order valence-electron chi connectivity index (χ1n) is 3.11. The standard InChI is InChI=1S/C6H8ClNO3S/c1-12(11)3-4-2-5(9)8(7)6(4)10/h2,9-10H,3H2,1H3. The molecule has 0 saturated heterocycles. The van der Waals surface area contributed by atoms with Crippen molar-refractivity contribution in [2.45, 2.75) is 5.75 Å². The van der Waals surface area contributed by atoms with Gasteiger partial charge >= 0.3 is 0 Å². The average Bonchev–Trinajstić information content (AvgIpc) is 2.17. The summed E-state index contributed by atoms with van der Waals surface area (Å²) in [6, 6.07) is 1.28. The van der Waals surface area contributed by atoms with Gasteiger partial charge in [-0.05, 0) is 0 Å². The largest absolute Gasteiger partial charge is 0.494 e. The van der Waals surface area contributed by atoms with E-state index in [1.807, 2.05) is 0 Å². The van der Waals surface area contributed by atoms with Crippen molar-refractivity contribution in [3.8, 4) is 11.8 Å². The summed E-state index contributed by atoms with van der Waals surface area (Å²) in [5.74, 6) is -0.335. The van der Waals surface area contributed by atoms with Gasteiger partial charge < -0.3 is 10.2 Å². The van der Waals surface area contributed by atoms with Crippen LogP contribution in [0.3, 0.4) is 0 Å². The summed E-state index contributed by atoms with van der Waals surface area (Å²) in [6.07, 6.45) is 1.50. The molecule has 2 N–H and O–H groups in total. The Morgan fingerprint density at radius 1 is 1.67 bits per heavy atom. The first-order valence-corrected chi connectivity index (χ1v) is 5.17. The summed E-state index contributed by atoms with van der Waals surface area (Å²) in [6.45, 7) is 0. The first-order chi connectivity index (χ1) is 5.52. The van der Waals surface area contributed by atoms with Gasteiger partial charge in [0.25, 0.3) is 0 Å². The Bertz CT molecular complexity index is 323. The molecule has 1 aromatic rings. The lowest BCUT2D eigenvalue weighted by atomic mass is 10.4. The van der Waals surface area contributed by atoms with Crippen molar-refractivity contribution in [2.75, 3.05) is 6.26 Å². The van der Waals surface area contributed by atoms with Crippen LogP contribution >= 0.6 is 11.8 Å². The summed E-state index contributed by atoms with van der Waals surface area (Å²) in [4.78, 5) is 0. The van der Waals surface area contributed by atoms with Crippen molar-refractivity contribution < 1.29 is 14.4 Å². The van der Waals surface area contributed by atoms with Crippen LogP contribution in [0.25, 0.3) is 0 Å². The Morgan fingerprint density at radius 3 is 2.58 bits per heavy atom. The van der Waals surface area contributed by atoms with Gasteiger partial charge in [-0.1, -0.05) is 0 Å². The fourth-order valence-corrected chi connectivity index (χ4v) is 1.64. The third-order valence-electron chi connectivity index (χ3n) is 1.34. The van der Waals surface area contributed by atoms with Gasteiger partial charge in [0.15, 0.2) is 0 Å². The number of hydrogen-bond acceptors (Lipinski definition) is 3. The second kappa shape index (κ2) is 3.37. The van der Waals surface area contributed by atoms with Crippen LogP contribution in [0, 0.1) is 0 Å². The zero-order valence-electron chi connectivity index (χ0n) is 6.32. The molecule has 0 fully saturated rings. The molecule has 0 aliphatic heterocycles. The van der Waals surface area contributed by atoms with Crippen molar-refractivity contribution >= 4 is 22.6 Å². The average molecular weight is 210 g/mol. The number of hydrogen-bond donors (Lipinski definition) is 2. The molecule has 1 unspecified atom stereocenters. The predicted octanol–water partition coefficient (Wildman–Crippen LogP) is 0.780. The van der Waals surface area contributed by atoms with Crippen LogP contribution in [0.4, 0.5) is 0 Å². The maximum absolute atomic E-state index is 10.8. The van der Waals surface area contributed by atoms with Crippen molar-refractivity contribution in [1.29, 1.82) is 0 Å². The van der Waals surface area contributed by atoms with Crippen LogP contribution in [-0.4, -0.2) is 24.8 Å². The van der Waals surface area contributed by atoms with Crippen molar-refractivity contribution in [3.63, 3.8) is 0 Å². The Kier molecular flexibility index (Phi) is 2.64. The Morgan fingerprint density at radius 2 is 2.25 bits per heavy atom. The van der Waals surface area contributed by atoms with Crippen LogP contribution < -0.4 is 0 Å². The zero-order valence-corrected chi connectivity index (χ0v) is 7.89. The monoisotopic (exact) mass is 209 g/mol. The van der Waals surface area contributed by atoms with Gasteiger partial charge in [-0.15, -0.1) is 0 Å². The summed E-state index contributed by atoms with van der Waals surface area (Å²) in [7, 11) is -1.06. The van der Waals surface area contributed by atoms with Gasteiger partial charge in [0.05, 0.1) is 5.75 Å². The van der Waals surface area contributed by atoms with Crippen LogP contribution in [0.5, 0.6) is 11.8 Å². The quantitative estimate of drug-likeness (QED) is 0.757. The van der Waals surface area contributed by atoms with Crippen LogP contribution in [0.2, 0.25) is 0 Å². The molecule has 1 aromatic heterocycles. The number of halogens is 1. The highest BCUT2D eigenvalue weighted by Crippen LogP contribution is 2.29. The summed E-state index contributed by atoms with van der Waals surface area (Å²) < 4.78 is 11.5. The van der Waals surface area contributed by atoms with E-state index in [2.05, 4.69) is 0 Å². The van der Waals surface area contributed by atoms with Crippen LogP contribution in [0.15, 0.2) is 6.07 Å². The zero-order chi connectivity index (χ0) is 9.30. The molecular weight excluding hydrogens is 202 g/mol. The van der Waals surface area contributed by atoms with Crippen LogP contribution in [0.1, 0.15) is 5.56 Å². The minimum atomic E-state index is -1.06. The van der Waals surface area contributed by atoms with E-state index in [0.29, 0.717) is 9.65 Å². The highest BCUT2D eigenvalue weighted by atomic mass is 35.5. The molecule has 0 aliphatic rings. The van der Waals surface area contributed by atoms with Gasteiger partial charge in [0, 0.05) is 40.5 Å². The van der Waals surface area contributed by atoms with Gasteiger partial charge in [0.1, 0.15) is 0 Å². The molecule has 1 atom stereocenters. The maximum Gasteiger partial charge on any atom is 0.213 e. The van der Waals surface area contributed by atoms with Crippen molar-refractivity contribution in [1.82, 2.24) is 4.09 Å². The number of rotatable bonds is 2. The third-order valence-corrected chi connectivity index (χ3v) is 2.39. The number of nitrogens with zero attached hydrogens (tertiary/aromatic N) is 1. The van der Waals surface area contributed by atoms with E-state index in [-0.39, 0.29) is 17.5 Å². The molecule has 0 bridgehead atoms. The summed E-state index contributed by atoms with van der Waals surface area (Å²) in [5.41, 5.74) is 0.378. The molecule has 1 heterocycles. The van der Waals surface area contributed by atoms with E-state index in [1.165, 1.54) is 12.3 Å². The summed E-state index contributed by atoms with van der Waals surface area (Å²) >= 11 is 5.40. The second-order valence-electron chi connectivity index (χ2n) is 2.35. The van der Waals surface area contributed by atoms with Crippen molar-refractivity contribution in [2.24, 2.45) is 0 Å². The van der Waals surface area contributed by atoms with Gasteiger partial charge in [0.2, 0.25) is 11.8 Å². The van der Waals surface area contributed by atoms with Crippen LogP contribution in [-0.2, 0) is 16.6 Å². The molecule has 0 aromatic carbocycles. The molecule has 0 amide bonds. The topological polar surface area (TPSA) is 62.5 Å². The number of aromatic nitrogens is 1. The molecule has 4 nitrogen and oxygen atoms in total. The lowest BCUT2D eigenvalue weighted by Gasteiger charge is -1.95. The lowest BCUT2D eigenvalue weighted by Crippen LogP contribution is -1.90. The fourth-order valence-electron chi connectivity index (χ4n) is 0.837. The smallest absolute Gasteiger partial charge is 0.213 e. The molecule has 0 spiro atoms. The van der Waals surface area contributed by atoms with E-state index >= 15 is 0 Å². The SMILES string of the molecule is CS(=O)Cc1cc(O)n(Cl)c1O. The Labute approximate surface area is 77.0 Å². The molecular formula is C6H8ClNO3S. The van der Waals surface area contributed by atoms with Gasteiger partial charge in [-0.2, -0.15) is 4.09 Å². The predicted molar refractivity (Wildman–Crippen MR) is 46.8 cm³/mol. The highest BCUT2D eigenvalue weighted by Gasteiger charge is 2.12. The minimum Gasteiger partial charge on any atom is -0.494 e. The van der Waals surface area contributed by atoms with Gasteiger partial charge in [-0.3, -0.25) is 4.21 Å². The Balaban J connectivity index is 3.01. The molecule has 6 heteroatoms. The maximum atomic E-state index is 10.8. The normalized spacial score (nSPS) is 13.2. The second-order valence-corrected chi connectivity index (χ2v) is 4.12. The highest BCUT2D eigenvalue weighted by molar-refractivity contribution is 7.83. The van der Waals surface area contributed by atoms with E-state index < -0.39 is 10.8 Å². The lowest BCUT2D eigenvalue weighted by molar-refractivity contribution is 0.412. The summed E-state index contributed by atoms with van der Waals surface area (Å²) in [5, 5.41) is 18.2. The Hall–Kier alpha value is -0.680. The van der Waals surface area contributed by atoms with E-state index in [1.54, 1.807) is 0 Å². The number of aromatic hydroxyl groups is 2. The van der Waals surface area contributed by atoms with E-state index in [0.717, 1.165) is 0 Å². The fraction of sp³-hybridized carbons (Fsp3) is 0.333. The molecule has 68 valence electrons. The molecule has 0 aliphatic carbocycles. The molecule has 0 saturated carbocycles. The van der Waals surface area contributed by atoms with E-state index in [4.69, 9.17) is 16.9 Å². The third kappa shape index (κ3) is 1.73. The molecule has 1 rings (SSSR count). The molecule has 12 heavy (non-hydrogen) atoms. The van der Waals surface area contributed by atoms with Gasteiger partial charge in [-0.25, -0.2) is 0 Å². The first kappa shape index (κ1) is 9.41. The minimum absolute atomic E-state index is 0.180. The van der Waals surface area contributed by atoms with Crippen molar-refractivity contribution in [3.05, 3.63) is 11.6 Å².